The number of halogens is 1. The Balaban J connectivity index is 0.000001000. The molecule has 0 amide bonds. The van der Waals surface area contributed by atoms with Crippen LogP contribution in [0.5, 0.6) is 0 Å². The van der Waals surface area contributed by atoms with Crippen molar-refractivity contribution in [1.82, 2.24) is 5.32 Å². The fraction of sp³-hybridized carbons (Fsp3) is 0.500. The zero-order valence-electron chi connectivity index (χ0n) is 6.67. The summed E-state index contributed by atoms with van der Waals surface area (Å²) in [7, 11) is 0. The van der Waals surface area contributed by atoms with Crippen LogP contribution in [-0.2, 0) is 6.42 Å². The summed E-state index contributed by atoms with van der Waals surface area (Å²) in [5, 5.41) is 5.42. The van der Waals surface area contributed by atoms with E-state index in [4.69, 9.17) is 0 Å². The van der Waals surface area contributed by atoms with E-state index in [0.717, 1.165) is 13.1 Å². The van der Waals surface area contributed by atoms with Crippen LogP contribution in [0.1, 0.15) is 11.8 Å². The molecule has 1 rings (SSSR count). The van der Waals surface area contributed by atoms with E-state index in [9.17, 15) is 0 Å². The van der Waals surface area contributed by atoms with Crippen molar-refractivity contribution in [2.24, 2.45) is 0 Å². The van der Waals surface area contributed by atoms with Crippen LogP contribution in [0.25, 0.3) is 0 Å². The van der Waals surface area contributed by atoms with Crippen LogP contribution in [0, 0.1) is 0 Å². The van der Waals surface area contributed by atoms with E-state index in [1.807, 2.05) is 11.3 Å². The summed E-state index contributed by atoms with van der Waals surface area (Å²) in [6, 6.07) is 4.29. The molecule has 0 aromatic carbocycles. The summed E-state index contributed by atoms with van der Waals surface area (Å²) in [5.74, 6) is 0. The van der Waals surface area contributed by atoms with Crippen molar-refractivity contribution in [3.05, 3.63) is 22.4 Å². The molecule has 64 valence electrons. The van der Waals surface area contributed by atoms with Gasteiger partial charge in [-0.2, -0.15) is 0 Å². The van der Waals surface area contributed by atoms with Gasteiger partial charge in [0.1, 0.15) is 0 Å². The van der Waals surface area contributed by atoms with Crippen molar-refractivity contribution in [2.75, 3.05) is 13.1 Å². The van der Waals surface area contributed by atoms with Gasteiger partial charge in [-0.25, -0.2) is 0 Å². The van der Waals surface area contributed by atoms with Crippen molar-refractivity contribution in [2.45, 2.75) is 13.3 Å². The molecule has 1 N–H and O–H groups in total. The van der Waals surface area contributed by atoms with Crippen molar-refractivity contribution >= 4 is 23.7 Å². The van der Waals surface area contributed by atoms with Crippen molar-refractivity contribution in [1.29, 1.82) is 0 Å². The molecule has 0 saturated heterocycles. The second kappa shape index (κ2) is 6.65. The SMILES string of the molecule is CCNCCc1cccs1.Cl. The Morgan fingerprint density at radius 3 is 2.91 bits per heavy atom. The highest BCUT2D eigenvalue weighted by Gasteiger charge is 1.90. The van der Waals surface area contributed by atoms with Crippen LogP contribution in [0.2, 0.25) is 0 Å². The zero-order chi connectivity index (χ0) is 7.23. The van der Waals surface area contributed by atoms with Gasteiger partial charge in [-0.05, 0) is 31.0 Å². The predicted octanol–water partition coefficient (Wildman–Crippen LogP) is 2.32. The van der Waals surface area contributed by atoms with Gasteiger partial charge in [0.05, 0.1) is 0 Å². The summed E-state index contributed by atoms with van der Waals surface area (Å²) in [6.07, 6.45) is 1.17. The highest BCUT2D eigenvalue weighted by atomic mass is 35.5. The van der Waals surface area contributed by atoms with Crippen molar-refractivity contribution in [3.63, 3.8) is 0 Å². The third kappa shape index (κ3) is 4.40. The topological polar surface area (TPSA) is 12.0 Å². The molecule has 11 heavy (non-hydrogen) atoms. The van der Waals surface area contributed by atoms with Gasteiger partial charge in [0.15, 0.2) is 0 Å². The summed E-state index contributed by atoms with van der Waals surface area (Å²) in [4.78, 5) is 1.47. The molecule has 0 unspecified atom stereocenters. The monoisotopic (exact) mass is 191 g/mol. The van der Waals surface area contributed by atoms with Crippen LogP contribution >= 0.6 is 23.7 Å². The Hall–Kier alpha value is -0.0500. The molecule has 0 bridgehead atoms. The third-order valence-electron chi connectivity index (χ3n) is 1.38. The van der Waals surface area contributed by atoms with Gasteiger partial charge in [0.2, 0.25) is 0 Å². The van der Waals surface area contributed by atoms with E-state index in [2.05, 4.69) is 29.8 Å². The molecule has 1 heterocycles. The number of nitrogens with one attached hydrogen (secondary N) is 1. The average Bonchev–Trinajstić information content (AvgIpc) is 2.41. The van der Waals surface area contributed by atoms with E-state index in [1.165, 1.54) is 11.3 Å². The first kappa shape index (κ1) is 11.0. The maximum atomic E-state index is 3.29. The van der Waals surface area contributed by atoms with E-state index >= 15 is 0 Å². The molecule has 0 aliphatic carbocycles. The summed E-state index contributed by atoms with van der Waals surface area (Å²) >= 11 is 1.83. The maximum absolute atomic E-state index is 3.29. The minimum absolute atomic E-state index is 0. The first-order valence-corrected chi connectivity index (χ1v) is 4.54. The van der Waals surface area contributed by atoms with Crippen LogP contribution < -0.4 is 5.32 Å². The fourth-order valence-electron chi connectivity index (χ4n) is 0.843. The number of hydrogen-bond acceptors (Lipinski definition) is 2. The van der Waals surface area contributed by atoms with Gasteiger partial charge >= 0.3 is 0 Å². The first-order valence-electron chi connectivity index (χ1n) is 3.66. The fourth-order valence-corrected chi connectivity index (χ4v) is 1.55. The number of hydrogen-bond donors (Lipinski definition) is 1. The van der Waals surface area contributed by atoms with Crippen LogP contribution in [-0.4, -0.2) is 13.1 Å². The van der Waals surface area contributed by atoms with E-state index in [0.29, 0.717) is 0 Å². The van der Waals surface area contributed by atoms with E-state index < -0.39 is 0 Å². The Labute approximate surface area is 78.2 Å². The molecular weight excluding hydrogens is 178 g/mol. The smallest absolute Gasteiger partial charge is 0.00578 e. The second-order valence-corrected chi connectivity index (χ2v) is 3.22. The van der Waals surface area contributed by atoms with Gasteiger partial charge in [-0.3, -0.25) is 0 Å². The number of rotatable bonds is 4. The lowest BCUT2D eigenvalue weighted by atomic mass is 10.3. The Morgan fingerprint density at radius 2 is 2.36 bits per heavy atom. The molecule has 1 aromatic rings. The molecule has 1 aromatic heterocycles. The van der Waals surface area contributed by atoms with Gasteiger partial charge in [-0.15, -0.1) is 23.7 Å². The Kier molecular flexibility index (Phi) is 6.62. The number of likely N-dealkylation sites (N-methyl/N-ethyl adjacent to an activating group) is 1. The van der Waals surface area contributed by atoms with Crippen LogP contribution in [0.3, 0.4) is 0 Å². The minimum Gasteiger partial charge on any atom is -0.317 e. The third-order valence-corrected chi connectivity index (χ3v) is 2.31. The molecule has 0 fully saturated rings. The molecular formula is C8H14ClNS. The second-order valence-electron chi connectivity index (χ2n) is 2.18. The van der Waals surface area contributed by atoms with Crippen LogP contribution in [0.4, 0.5) is 0 Å². The first-order chi connectivity index (χ1) is 4.93. The van der Waals surface area contributed by atoms with Gasteiger partial charge in [0.25, 0.3) is 0 Å². The quantitative estimate of drug-likeness (QED) is 0.721. The maximum Gasteiger partial charge on any atom is 0.00578 e. The lowest BCUT2D eigenvalue weighted by Crippen LogP contribution is -2.15. The van der Waals surface area contributed by atoms with Crippen molar-refractivity contribution in [3.8, 4) is 0 Å². The van der Waals surface area contributed by atoms with Crippen LogP contribution in [0.15, 0.2) is 17.5 Å². The normalized spacial score (nSPS) is 9.18. The lowest BCUT2D eigenvalue weighted by molar-refractivity contribution is 0.721. The molecule has 3 heteroatoms. The standard InChI is InChI=1S/C8H13NS.ClH/c1-2-9-6-5-8-4-3-7-10-8;/h3-4,7,9H,2,5-6H2,1H3;1H. The summed E-state index contributed by atoms with van der Waals surface area (Å²) in [5.41, 5.74) is 0. The van der Waals surface area contributed by atoms with E-state index in [-0.39, 0.29) is 12.4 Å². The molecule has 0 radical (unpaired) electrons. The van der Waals surface area contributed by atoms with Crippen molar-refractivity contribution < 1.29 is 0 Å². The highest BCUT2D eigenvalue weighted by molar-refractivity contribution is 7.09. The highest BCUT2D eigenvalue weighted by Crippen LogP contribution is 2.07. The molecule has 1 nitrogen and oxygen atoms in total. The van der Waals surface area contributed by atoms with Gasteiger partial charge in [0, 0.05) is 4.88 Å². The van der Waals surface area contributed by atoms with Gasteiger partial charge in [-0.1, -0.05) is 13.0 Å². The minimum atomic E-state index is 0. The Morgan fingerprint density at radius 1 is 1.55 bits per heavy atom. The summed E-state index contributed by atoms with van der Waals surface area (Å²) in [6.45, 7) is 4.32. The average molecular weight is 192 g/mol. The largest absolute Gasteiger partial charge is 0.317 e. The molecule has 0 aliphatic rings. The molecule has 0 atom stereocenters. The lowest BCUT2D eigenvalue weighted by Gasteiger charge is -1.97. The zero-order valence-corrected chi connectivity index (χ0v) is 8.30. The Bertz CT molecular complexity index is 163. The molecule has 0 spiro atoms. The van der Waals surface area contributed by atoms with Gasteiger partial charge < -0.3 is 5.32 Å². The molecule has 0 saturated carbocycles. The predicted molar refractivity (Wildman–Crippen MR) is 53.8 cm³/mol. The number of thiophene rings is 1. The van der Waals surface area contributed by atoms with E-state index in [1.54, 1.807) is 0 Å². The summed E-state index contributed by atoms with van der Waals surface area (Å²) < 4.78 is 0. The molecule has 0 aliphatic heterocycles.